The molecule has 0 radical (unpaired) electrons. The smallest absolute Gasteiger partial charge is 0.293 e. The molecule has 34 heavy (non-hydrogen) atoms. The van der Waals surface area contributed by atoms with Gasteiger partial charge in [0.05, 0.1) is 11.4 Å². The van der Waals surface area contributed by atoms with Crippen LogP contribution in [0.1, 0.15) is 16.7 Å². The molecule has 4 aromatic carbocycles. The fraction of sp³-hybridized carbons (Fsp3) is 0.0714. The van der Waals surface area contributed by atoms with Crippen molar-refractivity contribution in [3.63, 3.8) is 0 Å². The van der Waals surface area contributed by atoms with Gasteiger partial charge in [-0.25, -0.2) is 4.39 Å². The number of hydrogen-bond acceptors (Lipinski definition) is 4. The van der Waals surface area contributed by atoms with Gasteiger partial charge in [0.1, 0.15) is 18.2 Å². The maximum atomic E-state index is 13.8. The Morgan fingerprint density at radius 1 is 0.853 bits per heavy atom. The molecule has 0 aliphatic carbocycles. The van der Waals surface area contributed by atoms with Gasteiger partial charge in [-0.3, -0.25) is 14.5 Å². The maximum Gasteiger partial charge on any atom is 0.293 e. The second-order valence-electron chi connectivity index (χ2n) is 7.86. The number of nitrogens with zero attached hydrogens (tertiary/aromatic N) is 1. The van der Waals surface area contributed by atoms with Gasteiger partial charge >= 0.3 is 0 Å². The van der Waals surface area contributed by atoms with E-state index in [1.165, 1.54) is 11.0 Å². The molecule has 0 spiro atoms. The summed E-state index contributed by atoms with van der Waals surface area (Å²) in [6.07, 6.45) is 1.68. The molecule has 0 saturated carbocycles. The normalized spacial score (nSPS) is 14.9. The van der Waals surface area contributed by atoms with Crippen LogP contribution >= 0.6 is 11.8 Å². The third-order valence-corrected chi connectivity index (χ3v) is 6.50. The zero-order valence-electron chi connectivity index (χ0n) is 18.1. The standard InChI is InChI=1S/C28H20FNO3S/c29-25-14-4-2-9-22(25)18-33-23-12-5-7-19(15-23)16-26-27(31)30(28(32)34-26)17-21-11-6-10-20-8-1-3-13-24(20)21/h1-16H,17-18H2/b26-16-. The topological polar surface area (TPSA) is 46.6 Å². The largest absolute Gasteiger partial charge is 0.489 e. The molecule has 0 unspecified atom stereocenters. The molecule has 0 aromatic heterocycles. The van der Waals surface area contributed by atoms with Crippen molar-refractivity contribution in [1.82, 2.24) is 4.90 Å². The van der Waals surface area contributed by atoms with Gasteiger partial charge in [0.2, 0.25) is 0 Å². The summed E-state index contributed by atoms with van der Waals surface area (Å²) in [5, 5.41) is 1.79. The van der Waals surface area contributed by atoms with Crippen LogP contribution in [0, 0.1) is 5.82 Å². The van der Waals surface area contributed by atoms with E-state index < -0.39 is 0 Å². The van der Waals surface area contributed by atoms with Gasteiger partial charge < -0.3 is 4.74 Å². The van der Waals surface area contributed by atoms with Crippen molar-refractivity contribution in [3.05, 3.63) is 118 Å². The molecule has 1 aliphatic heterocycles. The minimum atomic E-state index is -0.321. The zero-order chi connectivity index (χ0) is 23.5. The van der Waals surface area contributed by atoms with Crippen molar-refractivity contribution in [1.29, 1.82) is 0 Å². The molecular weight excluding hydrogens is 449 g/mol. The molecule has 5 rings (SSSR count). The number of imide groups is 1. The number of benzene rings is 4. The van der Waals surface area contributed by atoms with Gasteiger partial charge in [-0.1, -0.05) is 72.8 Å². The van der Waals surface area contributed by atoms with E-state index >= 15 is 0 Å². The van der Waals surface area contributed by atoms with Crippen LogP contribution in [0.15, 0.2) is 95.9 Å². The lowest BCUT2D eigenvalue weighted by Crippen LogP contribution is -2.27. The first-order chi connectivity index (χ1) is 16.6. The van der Waals surface area contributed by atoms with E-state index in [2.05, 4.69) is 0 Å². The van der Waals surface area contributed by atoms with Gasteiger partial charge in [0, 0.05) is 5.56 Å². The fourth-order valence-corrected chi connectivity index (χ4v) is 4.70. The van der Waals surface area contributed by atoms with E-state index in [4.69, 9.17) is 4.74 Å². The van der Waals surface area contributed by atoms with E-state index in [1.54, 1.807) is 42.5 Å². The summed E-state index contributed by atoms with van der Waals surface area (Å²) in [6.45, 7) is 0.312. The Bertz CT molecular complexity index is 1430. The van der Waals surface area contributed by atoms with Crippen molar-refractivity contribution < 1.29 is 18.7 Å². The summed E-state index contributed by atoms with van der Waals surface area (Å²) in [7, 11) is 0. The molecule has 168 valence electrons. The van der Waals surface area contributed by atoms with Gasteiger partial charge in [-0.05, 0) is 57.9 Å². The Morgan fingerprint density at radius 2 is 1.59 bits per heavy atom. The summed E-state index contributed by atoms with van der Waals surface area (Å²) in [6, 6.07) is 27.4. The van der Waals surface area contributed by atoms with Crippen molar-refractivity contribution >= 4 is 39.8 Å². The minimum absolute atomic E-state index is 0.0949. The Kier molecular flexibility index (Phi) is 6.14. The SMILES string of the molecule is O=C1S/C(=C\c2cccc(OCc3ccccc3F)c2)C(=O)N1Cc1cccc2ccccc12. The Labute approximate surface area is 200 Å². The van der Waals surface area contributed by atoms with Crippen molar-refractivity contribution in [2.24, 2.45) is 0 Å². The number of rotatable bonds is 6. The lowest BCUT2D eigenvalue weighted by Gasteiger charge is -2.14. The molecule has 1 heterocycles. The van der Waals surface area contributed by atoms with Crippen LogP contribution < -0.4 is 4.74 Å². The first-order valence-corrected chi connectivity index (χ1v) is 11.6. The van der Waals surface area contributed by atoms with E-state index in [-0.39, 0.29) is 30.1 Å². The van der Waals surface area contributed by atoms with Gasteiger partial charge in [0.25, 0.3) is 11.1 Å². The zero-order valence-corrected chi connectivity index (χ0v) is 18.9. The van der Waals surface area contributed by atoms with Gasteiger partial charge in [-0.2, -0.15) is 0 Å². The molecule has 1 aliphatic rings. The average Bonchev–Trinajstić information content (AvgIpc) is 3.11. The number of thioether (sulfide) groups is 1. The fourth-order valence-electron chi connectivity index (χ4n) is 3.86. The number of carbonyl (C=O) groups is 2. The summed E-state index contributed by atoms with van der Waals surface area (Å²) >= 11 is 0.927. The molecule has 1 fully saturated rings. The van der Waals surface area contributed by atoms with Crippen LogP contribution in [0.2, 0.25) is 0 Å². The number of hydrogen-bond donors (Lipinski definition) is 0. The summed E-state index contributed by atoms with van der Waals surface area (Å²) < 4.78 is 19.6. The lowest BCUT2D eigenvalue weighted by molar-refractivity contribution is -0.123. The molecule has 0 atom stereocenters. The highest BCUT2D eigenvalue weighted by atomic mass is 32.2. The third kappa shape index (κ3) is 4.58. The second kappa shape index (κ2) is 9.53. The van der Waals surface area contributed by atoms with Crippen molar-refractivity contribution in [2.75, 3.05) is 0 Å². The molecule has 4 nitrogen and oxygen atoms in total. The van der Waals surface area contributed by atoms with Crippen LogP contribution in [0.25, 0.3) is 16.8 Å². The predicted molar refractivity (Wildman–Crippen MR) is 133 cm³/mol. The maximum absolute atomic E-state index is 13.8. The van der Waals surface area contributed by atoms with E-state index in [0.717, 1.165) is 33.7 Å². The second-order valence-corrected chi connectivity index (χ2v) is 8.85. The summed E-state index contributed by atoms with van der Waals surface area (Å²) in [5.74, 6) is -0.0916. The number of fused-ring (bicyclic) bond motifs is 1. The van der Waals surface area contributed by atoms with Crippen molar-refractivity contribution in [3.8, 4) is 5.75 Å². The number of halogens is 1. The number of ether oxygens (including phenoxy) is 1. The number of amides is 2. The quantitative estimate of drug-likeness (QED) is 0.292. The molecule has 4 aromatic rings. The molecule has 6 heteroatoms. The molecule has 0 N–H and O–H groups in total. The Hall–Kier alpha value is -3.90. The van der Waals surface area contributed by atoms with E-state index in [0.29, 0.717) is 16.2 Å². The van der Waals surface area contributed by atoms with Crippen LogP contribution in [-0.4, -0.2) is 16.0 Å². The highest BCUT2D eigenvalue weighted by molar-refractivity contribution is 8.18. The average molecular weight is 470 g/mol. The van der Waals surface area contributed by atoms with Crippen LogP contribution in [-0.2, 0) is 17.9 Å². The highest BCUT2D eigenvalue weighted by Gasteiger charge is 2.35. The molecular formula is C28H20FNO3S. The summed E-state index contributed by atoms with van der Waals surface area (Å²) in [4.78, 5) is 27.3. The van der Waals surface area contributed by atoms with E-state index in [9.17, 15) is 14.0 Å². The van der Waals surface area contributed by atoms with Crippen LogP contribution in [0.4, 0.5) is 9.18 Å². The molecule has 1 saturated heterocycles. The first kappa shape index (κ1) is 21.9. The van der Waals surface area contributed by atoms with Crippen LogP contribution in [0.3, 0.4) is 0 Å². The predicted octanol–water partition coefficient (Wildman–Crippen LogP) is 6.79. The number of carbonyl (C=O) groups excluding carboxylic acids is 2. The van der Waals surface area contributed by atoms with Gasteiger partial charge in [-0.15, -0.1) is 0 Å². The van der Waals surface area contributed by atoms with Gasteiger partial charge in [0.15, 0.2) is 0 Å². The highest BCUT2D eigenvalue weighted by Crippen LogP contribution is 2.34. The lowest BCUT2D eigenvalue weighted by atomic mass is 10.0. The monoisotopic (exact) mass is 469 g/mol. The molecule has 2 amide bonds. The molecule has 0 bridgehead atoms. The third-order valence-electron chi connectivity index (χ3n) is 5.59. The summed E-state index contributed by atoms with van der Waals surface area (Å²) in [5.41, 5.74) is 2.11. The Morgan fingerprint density at radius 3 is 2.47 bits per heavy atom. The first-order valence-electron chi connectivity index (χ1n) is 10.8. The van der Waals surface area contributed by atoms with Crippen LogP contribution in [0.5, 0.6) is 5.75 Å². The van der Waals surface area contributed by atoms with Crippen molar-refractivity contribution in [2.45, 2.75) is 13.2 Å². The van der Waals surface area contributed by atoms with E-state index in [1.807, 2.05) is 48.5 Å². The Balaban J connectivity index is 1.33. The minimum Gasteiger partial charge on any atom is -0.489 e.